The molecule has 162 valence electrons. The number of rotatable bonds is 5. The Bertz CT molecular complexity index is 1230. The van der Waals surface area contributed by atoms with Gasteiger partial charge in [-0.15, -0.1) is 0 Å². The van der Waals surface area contributed by atoms with Gasteiger partial charge in [-0.2, -0.15) is 4.98 Å². The topological polar surface area (TPSA) is 135 Å². The number of nitrogens with one attached hydrogen (secondary N) is 1. The van der Waals surface area contributed by atoms with E-state index < -0.39 is 23.5 Å². The minimum atomic E-state index is -0.942. The summed E-state index contributed by atoms with van der Waals surface area (Å²) in [5.74, 6) is 0.0876. The molecule has 1 aliphatic rings. The van der Waals surface area contributed by atoms with Crippen molar-refractivity contribution in [2.75, 3.05) is 25.1 Å². The third-order valence-corrected chi connectivity index (χ3v) is 4.76. The normalized spacial score (nSPS) is 13.6. The number of hydrogen-bond donors (Lipinski definition) is 1. The average molecular weight is 428 g/mol. The van der Waals surface area contributed by atoms with E-state index in [2.05, 4.69) is 15.5 Å². The third-order valence-electron chi connectivity index (χ3n) is 4.76. The molecule has 3 heterocycles. The van der Waals surface area contributed by atoms with E-state index in [4.69, 9.17) is 18.7 Å². The van der Waals surface area contributed by atoms with E-state index in [-0.39, 0.29) is 29.2 Å². The fourth-order valence-corrected chi connectivity index (χ4v) is 3.30. The van der Waals surface area contributed by atoms with Crippen LogP contribution in [0.5, 0.6) is 11.5 Å². The molecule has 31 heavy (non-hydrogen) atoms. The predicted molar refractivity (Wildman–Crippen MR) is 108 cm³/mol. The van der Waals surface area contributed by atoms with Crippen LogP contribution in [0.3, 0.4) is 0 Å². The van der Waals surface area contributed by atoms with Crippen LogP contribution >= 0.6 is 0 Å². The van der Waals surface area contributed by atoms with E-state index in [1.54, 1.807) is 39.0 Å². The highest BCUT2D eigenvalue weighted by atomic mass is 16.6. The van der Waals surface area contributed by atoms with E-state index in [0.717, 1.165) is 0 Å². The maximum absolute atomic E-state index is 13.1. The Morgan fingerprint density at radius 2 is 2.00 bits per heavy atom. The van der Waals surface area contributed by atoms with Crippen molar-refractivity contribution in [1.29, 1.82) is 0 Å². The van der Waals surface area contributed by atoms with Crippen molar-refractivity contribution in [3.8, 4) is 11.5 Å². The van der Waals surface area contributed by atoms with Crippen LogP contribution in [0.15, 0.2) is 27.5 Å². The molecule has 1 atom stereocenters. The molecule has 3 aromatic rings. The number of benzene rings is 1. The number of aromatic nitrogens is 3. The molecular formula is C20H20N4O7. The number of carbonyl (C=O) groups excluding carboxylic acids is 2. The van der Waals surface area contributed by atoms with Crippen molar-refractivity contribution < 1.29 is 28.3 Å². The molecule has 11 heteroatoms. The second-order valence-corrected chi connectivity index (χ2v) is 6.79. The molecule has 0 fully saturated rings. The number of ether oxygens (including phenoxy) is 3. The van der Waals surface area contributed by atoms with E-state index in [9.17, 15) is 14.4 Å². The zero-order valence-electron chi connectivity index (χ0n) is 17.1. The van der Waals surface area contributed by atoms with E-state index in [1.165, 1.54) is 4.57 Å². The minimum Gasteiger partial charge on any atom is -0.486 e. The Morgan fingerprint density at radius 1 is 1.26 bits per heavy atom. The fraction of sp³-hybridized carbons (Fsp3) is 0.350. The van der Waals surface area contributed by atoms with Crippen LogP contribution in [0.4, 0.5) is 5.69 Å². The quantitative estimate of drug-likeness (QED) is 0.604. The van der Waals surface area contributed by atoms with Gasteiger partial charge >= 0.3 is 5.97 Å². The van der Waals surface area contributed by atoms with Gasteiger partial charge in [-0.25, -0.2) is 4.79 Å². The van der Waals surface area contributed by atoms with Crippen molar-refractivity contribution in [2.45, 2.75) is 26.8 Å². The second kappa shape index (κ2) is 8.09. The number of hydrogen-bond acceptors (Lipinski definition) is 9. The van der Waals surface area contributed by atoms with Crippen molar-refractivity contribution >= 4 is 28.7 Å². The third kappa shape index (κ3) is 3.69. The van der Waals surface area contributed by atoms with Crippen LogP contribution in [0.1, 0.15) is 36.2 Å². The lowest BCUT2D eigenvalue weighted by Gasteiger charge is -2.20. The molecule has 1 aromatic carbocycles. The summed E-state index contributed by atoms with van der Waals surface area (Å²) in [6, 6.07) is 4.08. The van der Waals surface area contributed by atoms with Gasteiger partial charge in [0.1, 0.15) is 30.5 Å². The molecule has 0 saturated carbocycles. The first-order valence-electron chi connectivity index (χ1n) is 9.66. The molecule has 1 N–H and O–H groups in total. The zero-order valence-corrected chi connectivity index (χ0v) is 17.1. The molecule has 0 spiro atoms. The number of carbonyl (C=O) groups is 2. The lowest BCUT2D eigenvalue weighted by Crippen LogP contribution is -2.34. The van der Waals surface area contributed by atoms with Crippen molar-refractivity contribution in [1.82, 2.24) is 14.7 Å². The monoisotopic (exact) mass is 428 g/mol. The molecule has 0 aliphatic carbocycles. The van der Waals surface area contributed by atoms with E-state index in [0.29, 0.717) is 30.4 Å². The number of fused-ring (bicyclic) bond motifs is 2. The van der Waals surface area contributed by atoms with Gasteiger partial charge in [0.25, 0.3) is 11.3 Å². The second-order valence-electron chi connectivity index (χ2n) is 6.79. The summed E-state index contributed by atoms with van der Waals surface area (Å²) in [5.41, 5.74) is -0.515. The Labute approximate surface area is 175 Å². The molecule has 11 nitrogen and oxygen atoms in total. The van der Waals surface area contributed by atoms with Gasteiger partial charge in [-0.05, 0) is 32.9 Å². The smallest absolute Gasteiger partial charge is 0.361 e. The van der Waals surface area contributed by atoms with Gasteiger partial charge in [0.2, 0.25) is 11.6 Å². The Kier molecular flexibility index (Phi) is 5.32. The maximum Gasteiger partial charge on any atom is 0.361 e. The standard InChI is InChI=1S/C20H20N4O7/c1-4-28-20(27)16-15-18(31-23-16)21-11(3)24(19(15)26)10(2)17(25)22-12-5-6-13-14(9-12)30-8-7-29-13/h5-6,9-10H,4,7-8H2,1-3H3,(H,22,25). The van der Waals surface area contributed by atoms with Crippen molar-refractivity contribution in [3.63, 3.8) is 0 Å². The molecule has 1 aliphatic heterocycles. The number of amides is 1. The highest BCUT2D eigenvalue weighted by Gasteiger charge is 2.27. The number of aryl methyl sites for hydroxylation is 1. The first-order chi connectivity index (χ1) is 14.9. The molecule has 4 rings (SSSR count). The summed E-state index contributed by atoms with van der Waals surface area (Å²) in [7, 11) is 0. The Balaban J connectivity index is 1.66. The Morgan fingerprint density at radius 3 is 2.74 bits per heavy atom. The highest BCUT2D eigenvalue weighted by molar-refractivity contribution is 6.00. The lowest BCUT2D eigenvalue weighted by molar-refractivity contribution is -0.118. The van der Waals surface area contributed by atoms with Crippen LogP contribution in [0.25, 0.3) is 11.1 Å². The highest BCUT2D eigenvalue weighted by Crippen LogP contribution is 2.32. The SMILES string of the molecule is CCOC(=O)c1noc2nc(C)n(C(C)C(=O)Nc3ccc4c(c3)OCCO4)c(=O)c12. The van der Waals surface area contributed by atoms with E-state index >= 15 is 0 Å². The number of anilines is 1. The molecule has 0 radical (unpaired) electrons. The van der Waals surface area contributed by atoms with Gasteiger partial charge in [0.05, 0.1) is 6.61 Å². The first kappa shape index (κ1) is 20.4. The molecule has 1 unspecified atom stereocenters. The fourth-order valence-electron chi connectivity index (χ4n) is 3.30. The van der Waals surface area contributed by atoms with E-state index in [1.807, 2.05) is 0 Å². The Hall–Kier alpha value is -3.89. The zero-order chi connectivity index (χ0) is 22.1. The van der Waals surface area contributed by atoms with Gasteiger partial charge in [-0.1, -0.05) is 5.16 Å². The van der Waals surface area contributed by atoms with Gasteiger partial charge in [0, 0.05) is 11.8 Å². The summed E-state index contributed by atoms with van der Waals surface area (Å²) < 4.78 is 22.1. The van der Waals surface area contributed by atoms with Crippen LogP contribution in [-0.2, 0) is 9.53 Å². The van der Waals surface area contributed by atoms with Crippen molar-refractivity contribution in [3.05, 3.63) is 40.1 Å². The summed E-state index contributed by atoms with van der Waals surface area (Å²) in [5, 5.41) is 6.23. The minimum absolute atomic E-state index is 0.0961. The number of esters is 1. The van der Waals surface area contributed by atoms with Gasteiger partial charge < -0.3 is 24.1 Å². The molecule has 0 saturated heterocycles. The van der Waals surface area contributed by atoms with Crippen LogP contribution < -0.4 is 20.3 Å². The predicted octanol–water partition coefficient (Wildman–Crippen LogP) is 1.84. The first-order valence-corrected chi connectivity index (χ1v) is 9.66. The van der Waals surface area contributed by atoms with Gasteiger partial charge in [-0.3, -0.25) is 14.2 Å². The average Bonchev–Trinajstić information content (AvgIpc) is 3.18. The molecule has 2 aromatic heterocycles. The van der Waals surface area contributed by atoms with Gasteiger partial charge in [0.15, 0.2) is 11.5 Å². The molecule has 1 amide bonds. The van der Waals surface area contributed by atoms with Crippen molar-refractivity contribution in [2.24, 2.45) is 0 Å². The largest absolute Gasteiger partial charge is 0.486 e. The summed E-state index contributed by atoms with van der Waals surface area (Å²) in [6.45, 7) is 5.72. The number of nitrogens with zero attached hydrogens (tertiary/aromatic N) is 3. The molecule has 0 bridgehead atoms. The molecular weight excluding hydrogens is 408 g/mol. The van der Waals surface area contributed by atoms with Crippen LogP contribution in [-0.4, -0.2) is 46.4 Å². The maximum atomic E-state index is 13.1. The summed E-state index contributed by atoms with van der Waals surface area (Å²) >= 11 is 0. The summed E-state index contributed by atoms with van der Waals surface area (Å²) in [4.78, 5) is 42.3. The van der Waals surface area contributed by atoms with Crippen LogP contribution in [0, 0.1) is 6.92 Å². The lowest BCUT2D eigenvalue weighted by atomic mass is 10.2. The van der Waals surface area contributed by atoms with Crippen LogP contribution in [0.2, 0.25) is 0 Å². The summed E-state index contributed by atoms with van der Waals surface area (Å²) in [6.07, 6.45) is 0.